The molecule has 0 spiro atoms. The van der Waals surface area contributed by atoms with Crippen LogP contribution in [0.5, 0.6) is 5.75 Å². The van der Waals surface area contributed by atoms with E-state index in [4.69, 9.17) is 10.5 Å². The molecule has 2 aromatic rings. The lowest BCUT2D eigenvalue weighted by Crippen LogP contribution is -2.19. The van der Waals surface area contributed by atoms with Crippen molar-refractivity contribution in [1.29, 1.82) is 0 Å². The molecule has 5 nitrogen and oxygen atoms in total. The van der Waals surface area contributed by atoms with Gasteiger partial charge in [0.2, 0.25) is 0 Å². The van der Waals surface area contributed by atoms with Crippen molar-refractivity contribution in [3.8, 4) is 5.75 Å². The van der Waals surface area contributed by atoms with E-state index in [0.717, 1.165) is 11.3 Å². The maximum absolute atomic E-state index is 11.8. The molecule has 2 rings (SSSR count). The summed E-state index contributed by atoms with van der Waals surface area (Å²) < 4.78 is 5.05. The van der Waals surface area contributed by atoms with Crippen LogP contribution >= 0.6 is 0 Å². The van der Waals surface area contributed by atoms with Gasteiger partial charge in [-0.05, 0) is 42.0 Å². The minimum absolute atomic E-state index is 0.296. The Hall–Kier alpha value is -2.53. The average Bonchev–Trinajstić information content (AvgIpc) is 2.49. The first-order valence-corrected chi connectivity index (χ1v) is 6.22. The summed E-state index contributed by atoms with van der Waals surface area (Å²) >= 11 is 0. The molecule has 0 aliphatic rings. The predicted molar refractivity (Wildman–Crippen MR) is 80.0 cm³/mol. The Kier molecular flexibility index (Phi) is 4.57. The van der Waals surface area contributed by atoms with Crippen LogP contribution in [-0.2, 0) is 6.54 Å². The van der Waals surface area contributed by atoms with Crippen LogP contribution in [0.3, 0.4) is 0 Å². The molecule has 0 aromatic heterocycles. The minimum Gasteiger partial charge on any atom is -0.497 e. The van der Waals surface area contributed by atoms with Crippen molar-refractivity contribution in [3.63, 3.8) is 0 Å². The van der Waals surface area contributed by atoms with Crippen molar-refractivity contribution >= 4 is 17.4 Å². The number of ether oxygens (including phenoxy) is 1. The third kappa shape index (κ3) is 3.73. The fourth-order valence-corrected chi connectivity index (χ4v) is 1.69. The van der Waals surface area contributed by atoms with Gasteiger partial charge in [0.1, 0.15) is 5.75 Å². The van der Waals surface area contributed by atoms with Crippen molar-refractivity contribution in [2.45, 2.75) is 6.54 Å². The van der Waals surface area contributed by atoms with Gasteiger partial charge in [0.25, 0.3) is 0 Å². The topological polar surface area (TPSA) is 76.4 Å². The van der Waals surface area contributed by atoms with E-state index in [-0.39, 0.29) is 6.03 Å². The zero-order valence-electron chi connectivity index (χ0n) is 11.2. The van der Waals surface area contributed by atoms with Crippen LogP contribution in [0.15, 0.2) is 48.5 Å². The molecule has 0 radical (unpaired) electrons. The quantitative estimate of drug-likeness (QED) is 0.800. The number of carbonyl (C=O) groups is 1. The van der Waals surface area contributed by atoms with Gasteiger partial charge in [-0.3, -0.25) is 0 Å². The molecule has 0 saturated heterocycles. The second kappa shape index (κ2) is 6.58. The van der Waals surface area contributed by atoms with E-state index >= 15 is 0 Å². The van der Waals surface area contributed by atoms with Gasteiger partial charge >= 0.3 is 6.03 Å². The number of benzene rings is 2. The van der Waals surface area contributed by atoms with E-state index < -0.39 is 0 Å². The summed E-state index contributed by atoms with van der Waals surface area (Å²) in [7, 11) is 1.60. The molecule has 0 aliphatic heterocycles. The first kappa shape index (κ1) is 13.9. The summed E-state index contributed by atoms with van der Waals surface area (Å²) in [4.78, 5) is 11.8. The number of nitrogens with one attached hydrogen (secondary N) is 2. The number of nitrogens with two attached hydrogens (primary N) is 1. The van der Waals surface area contributed by atoms with Gasteiger partial charge in [-0.1, -0.05) is 12.1 Å². The van der Waals surface area contributed by atoms with Crippen LogP contribution in [-0.4, -0.2) is 13.1 Å². The highest BCUT2D eigenvalue weighted by molar-refractivity contribution is 5.99. The van der Waals surface area contributed by atoms with Crippen LogP contribution in [0.25, 0.3) is 0 Å². The third-order valence-corrected chi connectivity index (χ3v) is 2.80. The van der Waals surface area contributed by atoms with Gasteiger partial charge in [-0.25, -0.2) is 4.79 Å². The summed E-state index contributed by atoms with van der Waals surface area (Å²) in [5.74, 6) is 0.744. The zero-order valence-corrected chi connectivity index (χ0v) is 11.2. The molecule has 4 N–H and O–H groups in total. The number of amides is 2. The molecule has 0 saturated carbocycles. The van der Waals surface area contributed by atoms with Crippen molar-refractivity contribution in [1.82, 2.24) is 0 Å². The summed E-state index contributed by atoms with van der Waals surface area (Å²) in [5, 5.41) is 5.49. The first-order chi connectivity index (χ1) is 9.71. The van der Waals surface area contributed by atoms with Crippen LogP contribution in [0.1, 0.15) is 5.56 Å². The standard InChI is InChI=1S/C15H17N3O2/c1-20-14-8-6-13(7-9-14)18-15(19)17-12-4-2-11(10-16)3-5-12/h2-9H,10,16H2,1H3,(H2,17,18,19). The molecule has 0 aliphatic carbocycles. The van der Waals surface area contributed by atoms with Crippen LogP contribution in [0.2, 0.25) is 0 Å². The van der Waals surface area contributed by atoms with Gasteiger partial charge in [-0.2, -0.15) is 0 Å². The monoisotopic (exact) mass is 271 g/mol. The van der Waals surface area contributed by atoms with E-state index in [1.165, 1.54) is 0 Å². The van der Waals surface area contributed by atoms with Gasteiger partial charge in [0.15, 0.2) is 0 Å². The zero-order chi connectivity index (χ0) is 14.4. The SMILES string of the molecule is COc1ccc(NC(=O)Nc2ccc(CN)cc2)cc1. The number of methoxy groups -OCH3 is 1. The number of hydrogen-bond acceptors (Lipinski definition) is 3. The highest BCUT2D eigenvalue weighted by Gasteiger charge is 2.02. The van der Waals surface area contributed by atoms with Gasteiger partial charge < -0.3 is 21.1 Å². The van der Waals surface area contributed by atoms with Crippen molar-refractivity contribution in [2.24, 2.45) is 5.73 Å². The lowest BCUT2D eigenvalue weighted by molar-refractivity contribution is 0.262. The highest BCUT2D eigenvalue weighted by atomic mass is 16.5. The molecule has 104 valence electrons. The molecular formula is C15H17N3O2. The molecule has 2 aromatic carbocycles. The lowest BCUT2D eigenvalue weighted by atomic mass is 10.2. The molecule has 0 atom stereocenters. The minimum atomic E-state index is -0.296. The molecule has 0 unspecified atom stereocenters. The number of rotatable bonds is 4. The molecule has 5 heteroatoms. The first-order valence-electron chi connectivity index (χ1n) is 6.22. The van der Waals surface area contributed by atoms with E-state index in [2.05, 4.69) is 10.6 Å². The number of hydrogen-bond donors (Lipinski definition) is 3. The van der Waals surface area contributed by atoms with Crippen molar-refractivity contribution in [2.75, 3.05) is 17.7 Å². The Bertz CT molecular complexity index is 513. The third-order valence-electron chi connectivity index (χ3n) is 2.80. The molecule has 2 amide bonds. The number of anilines is 2. The molecule has 20 heavy (non-hydrogen) atoms. The largest absolute Gasteiger partial charge is 0.497 e. The Labute approximate surface area is 117 Å². The van der Waals surface area contributed by atoms with E-state index in [0.29, 0.717) is 17.9 Å². The molecule has 0 heterocycles. The highest BCUT2D eigenvalue weighted by Crippen LogP contribution is 2.15. The summed E-state index contributed by atoms with van der Waals surface area (Å²) in [6.07, 6.45) is 0. The fourth-order valence-electron chi connectivity index (χ4n) is 1.69. The average molecular weight is 271 g/mol. The predicted octanol–water partition coefficient (Wildman–Crippen LogP) is 2.80. The second-order valence-corrected chi connectivity index (χ2v) is 4.21. The fraction of sp³-hybridized carbons (Fsp3) is 0.133. The molecule has 0 bridgehead atoms. The lowest BCUT2D eigenvalue weighted by Gasteiger charge is -2.08. The maximum Gasteiger partial charge on any atom is 0.323 e. The van der Waals surface area contributed by atoms with E-state index in [1.54, 1.807) is 31.4 Å². The van der Waals surface area contributed by atoms with Gasteiger partial charge in [0, 0.05) is 17.9 Å². The Balaban J connectivity index is 1.93. The summed E-state index contributed by atoms with van der Waals surface area (Å²) in [6, 6.07) is 14.2. The molecular weight excluding hydrogens is 254 g/mol. The van der Waals surface area contributed by atoms with E-state index in [1.807, 2.05) is 24.3 Å². The summed E-state index contributed by atoms with van der Waals surface area (Å²) in [6.45, 7) is 0.484. The van der Waals surface area contributed by atoms with Gasteiger partial charge in [-0.15, -0.1) is 0 Å². The Morgan fingerprint density at radius 3 is 1.95 bits per heavy atom. The van der Waals surface area contributed by atoms with E-state index in [9.17, 15) is 4.79 Å². The normalized spacial score (nSPS) is 9.90. The Morgan fingerprint density at radius 1 is 1.00 bits per heavy atom. The van der Waals surface area contributed by atoms with Crippen LogP contribution in [0, 0.1) is 0 Å². The maximum atomic E-state index is 11.8. The van der Waals surface area contributed by atoms with Crippen molar-refractivity contribution in [3.05, 3.63) is 54.1 Å². The number of urea groups is 1. The van der Waals surface area contributed by atoms with Crippen LogP contribution in [0.4, 0.5) is 16.2 Å². The second-order valence-electron chi connectivity index (χ2n) is 4.21. The smallest absolute Gasteiger partial charge is 0.323 e. The summed E-state index contributed by atoms with van der Waals surface area (Å²) in [5.41, 5.74) is 7.95. The van der Waals surface area contributed by atoms with Gasteiger partial charge in [0.05, 0.1) is 7.11 Å². The van der Waals surface area contributed by atoms with Crippen molar-refractivity contribution < 1.29 is 9.53 Å². The number of carbonyl (C=O) groups excluding carboxylic acids is 1. The van der Waals surface area contributed by atoms with Crippen LogP contribution < -0.4 is 21.1 Å². The Morgan fingerprint density at radius 2 is 1.50 bits per heavy atom. The molecule has 0 fully saturated rings.